The summed E-state index contributed by atoms with van der Waals surface area (Å²) >= 11 is 2.04. The zero-order valence-corrected chi connectivity index (χ0v) is 13.8. The van der Waals surface area contributed by atoms with Gasteiger partial charge in [0.05, 0.1) is 6.61 Å². The molecule has 0 bridgehead atoms. The molecule has 0 saturated carbocycles. The minimum Gasteiger partial charge on any atom is -0.493 e. The second-order valence-corrected chi connectivity index (χ2v) is 6.95. The number of rotatable bonds is 8. The molecule has 0 radical (unpaired) electrons. The van der Waals surface area contributed by atoms with Crippen LogP contribution in [0.15, 0.2) is 18.2 Å². The minimum atomic E-state index is 0.409. The van der Waals surface area contributed by atoms with E-state index in [0.717, 1.165) is 37.0 Å². The second-order valence-electron chi connectivity index (χ2n) is 5.87. The molecule has 112 valence electrons. The van der Waals surface area contributed by atoms with Gasteiger partial charge in [0.2, 0.25) is 0 Å². The van der Waals surface area contributed by atoms with E-state index < -0.39 is 0 Å². The molecule has 0 aliphatic carbocycles. The summed E-state index contributed by atoms with van der Waals surface area (Å²) in [4.78, 5) is 0. The van der Waals surface area contributed by atoms with Crippen molar-refractivity contribution >= 4 is 11.8 Å². The monoisotopic (exact) mass is 293 g/mol. The Balaban J connectivity index is 2.07. The molecule has 20 heavy (non-hydrogen) atoms. The summed E-state index contributed by atoms with van der Waals surface area (Å²) in [5.74, 6) is 4.24. The van der Waals surface area contributed by atoms with Gasteiger partial charge >= 0.3 is 0 Å². The summed E-state index contributed by atoms with van der Waals surface area (Å²) in [5.41, 5.74) is 2.73. The molecular formula is C17H27NOS. The number of nitrogens with one attached hydrogen (secondary N) is 1. The van der Waals surface area contributed by atoms with Crippen LogP contribution in [-0.4, -0.2) is 24.7 Å². The van der Waals surface area contributed by atoms with E-state index in [-0.39, 0.29) is 0 Å². The third-order valence-electron chi connectivity index (χ3n) is 3.50. The van der Waals surface area contributed by atoms with E-state index in [4.69, 9.17) is 4.74 Å². The molecule has 0 spiro atoms. The summed E-state index contributed by atoms with van der Waals surface area (Å²) in [6, 6.07) is 7.01. The Hall–Kier alpha value is -0.670. The van der Waals surface area contributed by atoms with Crippen molar-refractivity contribution < 1.29 is 4.74 Å². The maximum atomic E-state index is 5.87. The summed E-state index contributed by atoms with van der Waals surface area (Å²) in [5, 5.41) is 3.69. The lowest BCUT2D eigenvalue weighted by Crippen LogP contribution is -2.25. The van der Waals surface area contributed by atoms with Crippen molar-refractivity contribution in [2.24, 2.45) is 5.92 Å². The molecule has 1 aromatic carbocycles. The Kier molecular flexibility index (Phi) is 6.24. The number of ether oxygens (including phenoxy) is 1. The predicted molar refractivity (Wildman–Crippen MR) is 88.8 cm³/mol. The van der Waals surface area contributed by atoms with Gasteiger partial charge in [-0.25, -0.2) is 0 Å². The Bertz CT molecular complexity index is 419. The van der Waals surface area contributed by atoms with E-state index in [1.54, 1.807) is 0 Å². The van der Waals surface area contributed by atoms with Crippen LogP contribution >= 0.6 is 11.8 Å². The van der Waals surface area contributed by atoms with Crippen molar-refractivity contribution in [2.45, 2.75) is 39.7 Å². The van der Waals surface area contributed by atoms with Crippen molar-refractivity contribution in [3.8, 4) is 5.75 Å². The van der Waals surface area contributed by atoms with Crippen LogP contribution in [0.2, 0.25) is 0 Å². The molecule has 0 fully saturated rings. The smallest absolute Gasteiger partial charge is 0.127 e. The Morgan fingerprint density at radius 3 is 2.90 bits per heavy atom. The predicted octanol–water partition coefficient (Wildman–Crippen LogP) is 4.05. The van der Waals surface area contributed by atoms with Crippen LogP contribution in [0.25, 0.3) is 0 Å². The van der Waals surface area contributed by atoms with Gasteiger partial charge in [-0.3, -0.25) is 0 Å². The summed E-state index contributed by atoms with van der Waals surface area (Å²) < 4.78 is 5.87. The standard InChI is InChI=1S/C17H27NOS/c1-4-9-18-16(12-20-11-13(2)3)15-7-5-6-14-8-10-19-17(14)15/h5-7,13,16,18H,4,8-12H2,1-3H3. The van der Waals surface area contributed by atoms with Gasteiger partial charge in [0, 0.05) is 23.8 Å². The highest BCUT2D eigenvalue weighted by Gasteiger charge is 2.21. The first kappa shape index (κ1) is 15.7. The van der Waals surface area contributed by atoms with Crippen molar-refractivity contribution in [3.63, 3.8) is 0 Å². The Morgan fingerprint density at radius 1 is 1.30 bits per heavy atom. The second kappa shape index (κ2) is 7.94. The molecular weight excluding hydrogens is 266 g/mol. The summed E-state index contributed by atoms with van der Waals surface area (Å²) in [7, 11) is 0. The zero-order chi connectivity index (χ0) is 14.4. The first-order chi connectivity index (χ1) is 9.72. The fourth-order valence-electron chi connectivity index (χ4n) is 2.51. The molecule has 1 heterocycles. The molecule has 0 saturated heterocycles. The maximum absolute atomic E-state index is 5.87. The van der Waals surface area contributed by atoms with E-state index in [0.29, 0.717) is 6.04 Å². The quantitative estimate of drug-likeness (QED) is 0.781. The van der Waals surface area contributed by atoms with Crippen molar-refractivity contribution in [1.82, 2.24) is 5.32 Å². The molecule has 1 aliphatic rings. The average molecular weight is 293 g/mol. The number of hydrogen-bond acceptors (Lipinski definition) is 3. The van der Waals surface area contributed by atoms with Crippen LogP contribution in [0.4, 0.5) is 0 Å². The van der Waals surface area contributed by atoms with Crippen molar-refractivity contribution in [3.05, 3.63) is 29.3 Å². The van der Waals surface area contributed by atoms with Gasteiger partial charge in [-0.1, -0.05) is 39.0 Å². The molecule has 1 N–H and O–H groups in total. The summed E-state index contributed by atoms with van der Waals surface area (Å²) in [6.45, 7) is 8.69. The van der Waals surface area contributed by atoms with Gasteiger partial charge in [0.25, 0.3) is 0 Å². The maximum Gasteiger partial charge on any atom is 0.127 e. The highest BCUT2D eigenvalue weighted by atomic mass is 32.2. The largest absolute Gasteiger partial charge is 0.493 e. The van der Waals surface area contributed by atoms with Crippen LogP contribution < -0.4 is 10.1 Å². The van der Waals surface area contributed by atoms with Crippen LogP contribution in [0.5, 0.6) is 5.75 Å². The molecule has 2 rings (SSSR count). The fourth-order valence-corrected chi connectivity index (χ4v) is 3.65. The fraction of sp³-hybridized carbons (Fsp3) is 0.647. The van der Waals surface area contributed by atoms with Gasteiger partial charge < -0.3 is 10.1 Å². The van der Waals surface area contributed by atoms with E-state index in [9.17, 15) is 0 Å². The normalized spacial score (nSPS) is 15.2. The molecule has 1 aliphatic heterocycles. The van der Waals surface area contributed by atoms with Gasteiger partial charge in [0.15, 0.2) is 0 Å². The van der Waals surface area contributed by atoms with Gasteiger partial charge in [-0.2, -0.15) is 11.8 Å². The summed E-state index contributed by atoms with van der Waals surface area (Å²) in [6.07, 6.45) is 2.23. The molecule has 0 amide bonds. The third-order valence-corrected chi connectivity index (χ3v) is 4.97. The van der Waals surface area contributed by atoms with Gasteiger partial charge in [-0.15, -0.1) is 0 Å². The number of para-hydroxylation sites is 1. The lowest BCUT2D eigenvalue weighted by Gasteiger charge is -2.21. The molecule has 1 aromatic rings. The van der Waals surface area contributed by atoms with Crippen LogP contribution in [0.3, 0.4) is 0 Å². The van der Waals surface area contributed by atoms with Crippen molar-refractivity contribution in [2.75, 3.05) is 24.7 Å². The average Bonchev–Trinajstić information content (AvgIpc) is 2.90. The minimum absolute atomic E-state index is 0.409. The zero-order valence-electron chi connectivity index (χ0n) is 12.9. The van der Waals surface area contributed by atoms with Crippen LogP contribution in [0.1, 0.15) is 44.4 Å². The van der Waals surface area contributed by atoms with Crippen LogP contribution in [-0.2, 0) is 6.42 Å². The Morgan fingerprint density at radius 2 is 2.15 bits per heavy atom. The lowest BCUT2D eigenvalue weighted by atomic mass is 10.0. The van der Waals surface area contributed by atoms with Crippen LogP contribution in [0, 0.1) is 5.92 Å². The Labute approximate surface area is 127 Å². The number of benzene rings is 1. The highest BCUT2D eigenvalue weighted by molar-refractivity contribution is 7.99. The molecule has 1 atom stereocenters. The number of thioether (sulfide) groups is 1. The van der Waals surface area contributed by atoms with E-state index in [1.807, 2.05) is 11.8 Å². The van der Waals surface area contributed by atoms with E-state index in [2.05, 4.69) is 44.3 Å². The third kappa shape index (κ3) is 4.16. The lowest BCUT2D eigenvalue weighted by molar-refractivity contribution is 0.349. The first-order valence-electron chi connectivity index (χ1n) is 7.78. The molecule has 1 unspecified atom stereocenters. The molecule has 3 heteroatoms. The van der Waals surface area contributed by atoms with E-state index in [1.165, 1.54) is 23.3 Å². The van der Waals surface area contributed by atoms with Gasteiger partial charge in [0.1, 0.15) is 5.75 Å². The topological polar surface area (TPSA) is 21.3 Å². The number of hydrogen-bond donors (Lipinski definition) is 1. The van der Waals surface area contributed by atoms with E-state index >= 15 is 0 Å². The SMILES string of the molecule is CCCNC(CSCC(C)C)c1cccc2c1OCC2. The first-order valence-corrected chi connectivity index (χ1v) is 8.93. The number of fused-ring (bicyclic) bond motifs is 1. The molecule has 2 nitrogen and oxygen atoms in total. The van der Waals surface area contributed by atoms with Gasteiger partial charge in [-0.05, 0) is 30.2 Å². The van der Waals surface area contributed by atoms with Crippen molar-refractivity contribution in [1.29, 1.82) is 0 Å². The highest BCUT2D eigenvalue weighted by Crippen LogP contribution is 2.34. The molecule has 0 aromatic heterocycles.